The Hall–Kier alpha value is -3.06. The fourth-order valence-corrected chi connectivity index (χ4v) is 4.41. The second-order valence-corrected chi connectivity index (χ2v) is 8.12. The first-order valence-corrected chi connectivity index (χ1v) is 11.0. The van der Waals surface area contributed by atoms with Crippen LogP contribution in [0.15, 0.2) is 48.5 Å². The van der Waals surface area contributed by atoms with E-state index in [-0.39, 0.29) is 11.9 Å². The minimum atomic E-state index is -0.231. The fourth-order valence-electron chi connectivity index (χ4n) is 4.41. The van der Waals surface area contributed by atoms with Crippen molar-refractivity contribution in [2.75, 3.05) is 43.9 Å². The Morgan fingerprint density at radius 1 is 0.903 bits per heavy atom. The van der Waals surface area contributed by atoms with Crippen LogP contribution >= 0.6 is 0 Å². The molecular weight excluding hydrogens is 392 g/mol. The molecule has 0 radical (unpaired) electrons. The summed E-state index contributed by atoms with van der Waals surface area (Å²) in [4.78, 5) is 29.6. The highest BCUT2D eigenvalue weighted by atomic mass is 16.5. The van der Waals surface area contributed by atoms with Crippen molar-refractivity contribution in [1.82, 2.24) is 9.80 Å². The zero-order valence-electron chi connectivity index (χ0n) is 18.0. The van der Waals surface area contributed by atoms with Gasteiger partial charge in [-0.2, -0.15) is 0 Å². The average Bonchev–Trinajstić information content (AvgIpc) is 3.35. The largest absolute Gasteiger partial charge is 0.495 e. The minimum absolute atomic E-state index is 0.0858. The van der Waals surface area contributed by atoms with Gasteiger partial charge in [0, 0.05) is 43.5 Å². The Labute approximate surface area is 183 Å². The van der Waals surface area contributed by atoms with Gasteiger partial charge in [-0.05, 0) is 49.2 Å². The van der Waals surface area contributed by atoms with Gasteiger partial charge in [0.05, 0.1) is 12.8 Å². The molecule has 31 heavy (non-hydrogen) atoms. The Morgan fingerprint density at radius 3 is 2.26 bits per heavy atom. The summed E-state index contributed by atoms with van der Waals surface area (Å²) in [5, 5.41) is 5.80. The van der Waals surface area contributed by atoms with E-state index in [1.54, 1.807) is 43.5 Å². The molecule has 0 unspecified atom stereocenters. The molecule has 1 saturated carbocycles. The van der Waals surface area contributed by atoms with Crippen LogP contribution in [0.3, 0.4) is 0 Å². The van der Waals surface area contributed by atoms with Crippen LogP contribution < -0.4 is 15.4 Å². The molecule has 2 aliphatic rings. The lowest BCUT2D eigenvalue weighted by molar-refractivity contribution is 0.102. The predicted molar refractivity (Wildman–Crippen MR) is 122 cm³/mol. The molecule has 0 bridgehead atoms. The van der Waals surface area contributed by atoms with Crippen LogP contribution in [-0.4, -0.2) is 61.1 Å². The molecule has 4 rings (SSSR count). The van der Waals surface area contributed by atoms with Crippen molar-refractivity contribution in [3.8, 4) is 5.75 Å². The number of nitrogens with zero attached hydrogens (tertiary/aromatic N) is 2. The van der Waals surface area contributed by atoms with Gasteiger partial charge in [0.15, 0.2) is 0 Å². The van der Waals surface area contributed by atoms with Crippen molar-refractivity contribution >= 4 is 23.3 Å². The molecular formula is C24H30N4O3. The topological polar surface area (TPSA) is 73.9 Å². The van der Waals surface area contributed by atoms with E-state index in [9.17, 15) is 9.59 Å². The van der Waals surface area contributed by atoms with Crippen LogP contribution in [0.5, 0.6) is 5.75 Å². The number of methoxy groups -OCH3 is 1. The monoisotopic (exact) mass is 422 g/mol. The van der Waals surface area contributed by atoms with E-state index in [0.717, 1.165) is 26.2 Å². The molecule has 7 nitrogen and oxygen atoms in total. The number of piperazine rings is 1. The summed E-state index contributed by atoms with van der Waals surface area (Å²) in [7, 11) is 1.57. The third-order valence-electron chi connectivity index (χ3n) is 6.20. The molecule has 164 valence electrons. The molecule has 3 amide bonds. The van der Waals surface area contributed by atoms with Crippen LogP contribution in [0.4, 0.5) is 16.2 Å². The summed E-state index contributed by atoms with van der Waals surface area (Å²) < 4.78 is 5.27. The molecule has 2 aromatic rings. The number of amides is 3. The number of rotatable bonds is 5. The van der Waals surface area contributed by atoms with Crippen molar-refractivity contribution in [3.05, 3.63) is 54.1 Å². The number of carbonyl (C=O) groups excluding carboxylic acids is 2. The Morgan fingerprint density at radius 2 is 1.58 bits per heavy atom. The van der Waals surface area contributed by atoms with Crippen molar-refractivity contribution < 1.29 is 14.3 Å². The van der Waals surface area contributed by atoms with Crippen LogP contribution in [-0.2, 0) is 0 Å². The molecule has 2 aromatic carbocycles. The summed E-state index contributed by atoms with van der Waals surface area (Å²) in [6.45, 7) is 3.39. The Bertz CT molecular complexity index is 901. The molecule has 0 atom stereocenters. The van der Waals surface area contributed by atoms with E-state index in [4.69, 9.17) is 4.74 Å². The van der Waals surface area contributed by atoms with Gasteiger partial charge in [-0.15, -0.1) is 0 Å². The molecule has 0 aromatic heterocycles. The second-order valence-electron chi connectivity index (χ2n) is 8.12. The first kappa shape index (κ1) is 21.2. The van der Waals surface area contributed by atoms with Gasteiger partial charge < -0.3 is 20.3 Å². The van der Waals surface area contributed by atoms with E-state index < -0.39 is 0 Å². The van der Waals surface area contributed by atoms with Gasteiger partial charge >= 0.3 is 6.03 Å². The number of hydrogen-bond donors (Lipinski definition) is 2. The summed E-state index contributed by atoms with van der Waals surface area (Å²) in [5.41, 5.74) is 1.80. The maximum atomic E-state index is 12.6. The van der Waals surface area contributed by atoms with E-state index in [0.29, 0.717) is 28.7 Å². The van der Waals surface area contributed by atoms with E-state index in [1.807, 2.05) is 17.0 Å². The van der Waals surface area contributed by atoms with Gasteiger partial charge in [-0.1, -0.05) is 25.0 Å². The molecule has 2 N–H and O–H groups in total. The van der Waals surface area contributed by atoms with Crippen molar-refractivity contribution in [1.29, 1.82) is 0 Å². The van der Waals surface area contributed by atoms with Gasteiger partial charge in [-0.25, -0.2) is 4.79 Å². The molecule has 0 spiro atoms. The van der Waals surface area contributed by atoms with Crippen molar-refractivity contribution in [2.45, 2.75) is 31.7 Å². The Kier molecular flexibility index (Phi) is 6.72. The highest BCUT2D eigenvalue weighted by molar-refractivity contribution is 6.05. The predicted octanol–water partition coefficient (Wildman–Crippen LogP) is 4.04. The van der Waals surface area contributed by atoms with E-state index in [1.165, 1.54) is 25.7 Å². The molecule has 7 heteroatoms. The maximum Gasteiger partial charge on any atom is 0.321 e. The summed E-state index contributed by atoms with van der Waals surface area (Å²) in [6, 6.07) is 14.8. The van der Waals surface area contributed by atoms with Gasteiger partial charge in [0.2, 0.25) is 0 Å². The number of anilines is 2. The summed E-state index contributed by atoms with van der Waals surface area (Å²) in [5.74, 6) is 0.373. The van der Waals surface area contributed by atoms with Crippen molar-refractivity contribution in [2.24, 2.45) is 0 Å². The van der Waals surface area contributed by atoms with Crippen LogP contribution in [0.25, 0.3) is 0 Å². The van der Waals surface area contributed by atoms with E-state index >= 15 is 0 Å². The highest BCUT2D eigenvalue weighted by Crippen LogP contribution is 2.25. The van der Waals surface area contributed by atoms with E-state index in [2.05, 4.69) is 15.5 Å². The lowest BCUT2D eigenvalue weighted by Crippen LogP contribution is -2.52. The summed E-state index contributed by atoms with van der Waals surface area (Å²) >= 11 is 0. The SMILES string of the molecule is COc1ccccc1NC(=O)c1ccc(NC(=O)N2CCN(C3CCCC3)CC2)cc1. The normalized spacial score (nSPS) is 17.4. The van der Waals surface area contributed by atoms with Gasteiger partial charge in [-0.3, -0.25) is 9.69 Å². The number of hydrogen-bond acceptors (Lipinski definition) is 4. The minimum Gasteiger partial charge on any atom is -0.495 e. The summed E-state index contributed by atoms with van der Waals surface area (Å²) in [6.07, 6.45) is 5.25. The highest BCUT2D eigenvalue weighted by Gasteiger charge is 2.27. The fraction of sp³-hybridized carbons (Fsp3) is 0.417. The van der Waals surface area contributed by atoms with Gasteiger partial charge in [0.1, 0.15) is 5.75 Å². The maximum absolute atomic E-state index is 12.6. The average molecular weight is 423 g/mol. The molecule has 1 aliphatic heterocycles. The molecule has 1 saturated heterocycles. The van der Waals surface area contributed by atoms with Crippen LogP contribution in [0.2, 0.25) is 0 Å². The number of urea groups is 1. The lowest BCUT2D eigenvalue weighted by atomic mass is 10.1. The molecule has 2 fully saturated rings. The Balaban J connectivity index is 1.29. The van der Waals surface area contributed by atoms with Gasteiger partial charge in [0.25, 0.3) is 5.91 Å². The third kappa shape index (κ3) is 5.17. The quantitative estimate of drug-likeness (QED) is 0.763. The number of carbonyl (C=O) groups is 2. The first-order valence-electron chi connectivity index (χ1n) is 11.0. The number of benzene rings is 2. The second kappa shape index (κ2) is 9.83. The smallest absolute Gasteiger partial charge is 0.321 e. The molecule has 1 aliphatic carbocycles. The standard InChI is InChI=1S/C24H30N4O3/c1-31-22-9-5-4-8-21(22)26-23(29)18-10-12-19(13-11-18)25-24(30)28-16-14-27(15-17-28)20-6-2-3-7-20/h4-5,8-13,20H,2-3,6-7,14-17H2,1H3,(H,25,30)(H,26,29). The number of ether oxygens (including phenoxy) is 1. The van der Waals surface area contributed by atoms with Crippen LogP contribution in [0, 0.1) is 0 Å². The zero-order valence-corrected chi connectivity index (χ0v) is 18.0. The van der Waals surface area contributed by atoms with Crippen molar-refractivity contribution in [3.63, 3.8) is 0 Å². The zero-order chi connectivity index (χ0) is 21.6. The lowest BCUT2D eigenvalue weighted by Gasteiger charge is -2.38. The number of nitrogens with one attached hydrogen (secondary N) is 2. The number of para-hydroxylation sites is 2. The molecule has 1 heterocycles. The third-order valence-corrected chi connectivity index (χ3v) is 6.20. The van der Waals surface area contributed by atoms with Crippen LogP contribution in [0.1, 0.15) is 36.0 Å². The first-order chi connectivity index (χ1) is 15.1.